The van der Waals surface area contributed by atoms with Gasteiger partial charge in [-0.1, -0.05) is 48.8 Å². The largest absolute Gasteiger partial charge is 0.468 e. The van der Waals surface area contributed by atoms with Crippen LogP contribution in [0.4, 0.5) is 0 Å². The van der Waals surface area contributed by atoms with Crippen molar-refractivity contribution in [1.82, 2.24) is 0 Å². The van der Waals surface area contributed by atoms with Gasteiger partial charge < -0.3 is 4.74 Å². The average Bonchev–Trinajstić information content (AvgIpc) is 2.28. The lowest BCUT2D eigenvalue weighted by atomic mass is 10.2. The molecule has 0 heterocycles. The van der Waals surface area contributed by atoms with E-state index in [4.69, 9.17) is 0 Å². The summed E-state index contributed by atoms with van der Waals surface area (Å²) in [5, 5.41) is 1.41. The molecule has 0 atom stereocenters. The van der Waals surface area contributed by atoms with Crippen molar-refractivity contribution >= 4 is 19.2 Å². The van der Waals surface area contributed by atoms with Crippen molar-refractivity contribution in [2.45, 2.75) is 26.1 Å². The monoisotopic (exact) mass is 246 g/mol. The Bertz CT molecular complexity index is 444. The molecule has 90 valence electrons. The number of hydrogen-bond donors (Lipinski definition) is 0. The van der Waals surface area contributed by atoms with E-state index in [0.29, 0.717) is 0 Å². The van der Waals surface area contributed by atoms with Gasteiger partial charge in [-0.25, -0.2) is 0 Å². The first kappa shape index (κ1) is 13.5. The van der Waals surface area contributed by atoms with Crippen LogP contribution >= 0.6 is 0 Å². The predicted octanol–water partition coefficient (Wildman–Crippen LogP) is 2.15. The summed E-state index contributed by atoms with van der Waals surface area (Å²) in [5.41, 5.74) is 0.941. The summed E-state index contributed by atoms with van der Waals surface area (Å²) >= 11 is 0. The first-order valence-electron chi connectivity index (χ1n) is 5.59. The molecular weight excluding hydrogens is 228 g/mol. The number of rotatable bonds is 2. The van der Waals surface area contributed by atoms with Gasteiger partial charge in [0, 0.05) is 5.56 Å². The first-order valence-corrected chi connectivity index (χ1v) is 9.09. The second-order valence-corrected chi connectivity index (χ2v) is 9.96. The van der Waals surface area contributed by atoms with Crippen LogP contribution in [0.15, 0.2) is 24.3 Å². The molecule has 3 heteroatoms. The highest BCUT2D eigenvalue weighted by Crippen LogP contribution is 2.03. The zero-order valence-electron chi connectivity index (χ0n) is 10.8. The fraction of sp³-hybridized carbons (Fsp3) is 0.357. The summed E-state index contributed by atoms with van der Waals surface area (Å²) in [6.07, 6.45) is 0.145. The van der Waals surface area contributed by atoms with Gasteiger partial charge in [-0.15, -0.1) is 0 Å². The SMILES string of the molecule is COC(=O)CC#Cc1ccc([Si](C)(C)C)cc1. The molecule has 0 aliphatic rings. The molecule has 1 aromatic carbocycles. The Morgan fingerprint density at radius 3 is 2.29 bits per heavy atom. The van der Waals surface area contributed by atoms with Gasteiger partial charge in [0.05, 0.1) is 15.2 Å². The molecule has 0 unspecified atom stereocenters. The Balaban J connectivity index is 2.72. The van der Waals surface area contributed by atoms with Gasteiger partial charge in [-0.2, -0.15) is 0 Å². The van der Waals surface area contributed by atoms with E-state index in [0.717, 1.165) is 5.56 Å². The third kappa shape index (κ3) is 4.45. The average molecular weight is 246 g/mol. The fourth-order valence-corrected chi connectivity index (χ4v) is 2.51. The van der Waals surface area contributed by atoms with Crippen molar-refractivity contribution in [3.63, 3.8) is 0 Å². The maximum absolute atomic E-state index is 10.9. The minimum atomic E-state index is -1.23. The number of hydrogen-bond acceptors (Lipinski definition) is 2. The highest BCUT2D eigenvalue weighted by atomic mass is 28.3. The minimum Gasteiger partial charge on any atom is -0.468 e. The summed E-state index contributed by atoms with van der Waals surface area (Å²) in [7, 11) is 0.134. The van der Waals surface area contributed by atoms with Gasteiger partial charge in [-0.3, -0.25) is 4.79 Å². The van der Waals surface area contributed by atoms with E-state index in [1.54, 1.807) is 0 Å². The van der Waals surface area contributed by atoms with Crippen LogP contribution in [0, 0.1) is 11.8 Å². The number of carbonyl (C=O) groups excluding carboxylic acids is 1. The molecule has 0 amide bonds. The van der Waals surface area contributed by atoms with E-state index in [2.05, 4.69) is 48.4 Å². The molecule has 1 aromatic rings. The summed E-state index contributed by atoms with van der Waals surface area (Å²) in [5.74, 6) is 5.46. The summed E-state index contributed by atoms with van der Waals surface area (Å²) in [6, 6.07) is 8.29. The van der Waals surface area contributed by atoms with Crippen LogP contribution in [-0.2, 0) is 9.53 Å². The molecule has 0 aliphatic heterocycles. The number of methoxy groups -OCH3 is 1. The maximum Gasteiger partial charge on any atom is 0.317 e. The molecule has 0 bridgehead atoms. The van der Waals surface area contributed by atoms with Gasteiger partial charge in [0.1, 0.15) is 6.42 Å². The van der Waals surface area contributed by atoms with Crippen LogP contribution in [0.25, 0.3) is 0 Å². The van der Waals surface area contributed by atoms with Gasteiger partial charge in [0.15, 0.2) is 0 Å². The van der Waals surface area contributed by atoms with Gasteiger partial charge in [-0.05, 0) is 12.1 Å². The Morgan fingerprint density at radius 1 is 1.24 bits per heavy atom. The molecule has 17 heavy (non-hydrogen) atoms. The molecule has 0 N–H and O–H groups in total. The fourth-order valence-electron chi connectivity index (χ4n) is 1.34. The van der Waals surface area contributed by atoms with Crippen molar-refractivity contribution in [3.05, 3.63) is 29.8 Å². The van der Waals surface area contributed by atoms with Crippen molar-refractivity contribution in [2.75, 3.05) is 7.11 Å². The van der Waals surface area contributed by atoms with Gasteiger partial charge >= 0.3 is 5.97 Å². The van der Waals surface area contributed by atoms with E-state index in [1.165, 1.54) is 12.3 Å². The number of ether oxygens (including phenoxy) is 1. The van der Waals surface area contributed by atoms with Crippen molar-refractivity contribution in [2.24, 2.45) is 0 Å². The lowest BCUT2D eigenvalue weighted by Gasteiger charge is -2.15. The highest BCUT2D eigenvalue weighted by Gasteiger charge is 2.15. The third-order valence-corrected chi connectivity index (χ3v) is 4.51. The lowest BCUT2D eigenvalue weighted by Crippen LogP contribution is -2.37. The number of benzene rings is 1. The Morgan fingerprint density at radius 2 is 1.82 bits per heavy atom. The molecule has 0 saturated carbocycles. The van der Waals surface area contributed by atoms with Crippen LogP contribution in [0.2, 0.25) is 19.6 Å². The van der Waals surface area contributed by atoms with Crippen LogP contribution in [0.5, 0.6) is 0 Å². The number of esters is 1. The zero-order chi connectivity index (χ0) is 12.9. The summed E-state index contributed by atoms with van der Waals surface area (Å²) in [4.78, 5) is 10.9. The molecule has 1 rings (SSSR count). The highest BCUT2D eigenvalue weighted by molar-refractivity contribution is 6.88. The van der Waals surface area contributed by atoms with Crippen LogP contribution in [0.1, 0.15) is 12.0 Å². The topological polar surface area (TPSA) is 26.3 Å². The van der Waals surface area contributed by atoms with Gasteiger partial charge in [0.25, 0.3) is 0 Å². The van der Waals surface area contributed by atoms with Crippen LogP contribution in [-0.4, -0.2) is 21.2 Å². The van der Waals surface area contributed by atoms with Gasteiger partial charge in [0.2, 0.25) is 0 Å². The predicted molar refractivity (Wildman–Crippen MR) is 72.9 cm³/mol. The van der Waals surface area contributed by atoms with Crippen LogP contribution < -0.4 is 5.19 Å². The van der Waals surface area contributed by atoms with E-state index < -0.39 is 8.07 Å². The van der Waals surface area contributed by atoms with E-state index in [9.17, 15) is 4.79 Å². The van der Waals surface area contributed by atoms with Crippen molar-refractivity contribution in [3.8, 4) is 11.8 Å². The Labute approximate surface area is 104 Å². The quantitative estimate of drug-likeness (QED) is 0.454. The van der Waals surface area contributed by atoms with Crippen molar-refractivity contribution in [1.29, 1.82) is 0 Å². The minimum absolute atomic E-state index is 0.145. The van der Waals surface area contributed by atoms with Crippen molar-refractivity contribution < 1.29 is 9.53 Å². The molecule has 0 fully saturated rings. The first-order chi connectivity index (χ1) is 7.93. The summed E-state index contributed by atoms with van der Waals surface area (Å²) < 4.78 is 4.52. The normalized spacial score (nSPS) is 10.4. The second kappa shape index (κ2) is 5.69. The number of carbonyl (C=O) groups is 1. The standard InChI is InChI=1S/C14H18O2Si/c1-16-14(15)7-5-6-12-8-10-13(11-9-12)17(2,3)4/h8-11H,7H2,1-4H3. The smallest absolute Gasteiger partial charge is 0.317 e. The molecule has 0 aliphatic carbocycles. The maximum atomic E-state index is 10.9. The Hall–Kier alpha value is -1.53. The van der Waals surface area contributed by atoms with E-state index in [1.807, 2.05) is 12.1 Å². The Kier molecular flexibility index (Phi) is 4.53. The lowest BCUT2D eigenvalue weighted by molar-refractivity contribution is -0.139. The van der Waals surface area contributed by atoms with E-state index in [-0.39, 0.29) is 12.4 Å². The molecule has 0 aromatic heterocycles. The van der Waals surface area contributed by atoms with E-state index >= 15 is 0 Å². The third-order valence-electron chi connectivity index (χ3n) is 2.44. The molecule has 0 radical (unpaired) electrons. The zero-order valence-corrected chi connectivity index (χ0v) is 11.8. The van der Waals surface area contributed by atoms with Crippen LogP contribution in [0.3, 0.4) is 0 Å². The molecule has 2 nitrogen and oxygen atoms in total. The second-order valence-electron chi connectivity index (χ2n) is 4.88. The molecular formula is C14H18O2Si. The molecule has 0 spiro atoms. The summed E-state index contributed by atoms with van der Waals surface area (Å²) in [6.45, 7) is 6.93. The molecule has 0 saturated heterocycles.